The highest BCUT2D eigenvalue weighted by atomic mass is 16.5. The molecule has 0 bridgehead atoms. The third-order valence-corrected chi connectivity index (χ3v) is 15.6. The summed E-state index contributed by atoms with van der Waals surface area (Å²) in [5, 5.41) is 0. The molecule has 0 aliphatic heterocycles. The van der Waals surface area contributed by atoms with E-state index in [-0.39, 0.29) is 5.60 Å². The van der Waals surface area contributed by atoms with Gasteiger partial charge in [-0.15, -0.1) is 0 Å². The summed E-state index contributed by atoms with van der Waals surface area (Å²) in [6, 6.07) is 0. The first-order valence-electron chi connectivity index (χ1n) is 47.2. The van der Waals surface area contributed by atoms with E-state index in [1.807, 2.05) is 111 Å². The summed E-state index contributed by atoms with van der Waals surface area (Å²) in [6.45, 7) is 102. The number of hydrogen-bond donors (Lipinski definition) is 0. The highest BCUT2D eigenvalue weighted by molar-refractivity contribution is 4.66. The van der Waals surface area contributed by atoms with Crippen LogP contribution in [0.2, 0.25) is 0 Å². The van der Waals surface area contributed by atoms with Crippen LogP contribution in [0.25, 0.3) is 0 Å². The Labute approximate surface area is 727 Å². The maximum atomic E-state index is 5.48. The second-order valence-electron chi connectivity index (χ2n) is 30.2. The number of unbranched alkanes of at least 4 members (excludes halogenated alkanes) is 1. The maximum absolute atomic E-state index is 5.48. The second kappa shape index (κ2) is 139. The van der Waals surface area contributed by atoms with E-state index in [0.29, 0.717) is 85.1 Å². The Hall–Kier alpha value is -0.680. The summed E-state index contributed by atoms with van der Waals surface area (Å²) in [5.74, 6) is 1.30. The van der Waals surface area contributed by atoms with Crippen LogP contribution >= 0.6 is 0 Å². The fourth-order valence-electron chi connectivity index (χ4n) is 7.58. The van der Waals surface area contributed by atoms with Crippen LogP contribution in [0.1, 0.15) is 419 Å². The summed E-state index contributed by atoms with van der Waals surface area (Å²) in [6.07, 6.45) is 30.2. The van der Waals surface area contributed by atoms with Crippen molar-refractivity contribution in [2.45, 2.75) is 498 Å². The number of rotatable bonds is 42. The fraction of sp³-hybridized carbons (Fsp3) is 1.00. The van der Waals surface area contributed by atoms with Gasteiger partial charge in [-0.05, 0) is 296 Å². The van der Waals surface area contributed by atoms with E-state index in [2.05, 4.69) is 185 Å². The molecule has 2 rings (SSSR count). The predicted molar refractivity (Wildman–Crippen MR) is 511 cm³/mol. The van der Waals surface area contributed by atoms with Crippen LogP contribution in [-0.2, 0) is 80.5 Å². The Morgan fingerprint density at radius 1 is 0.270 bits per heavy atom. The van der Waals surface area contributed by atoms with Crippen molar-refractivity contribution >= 4 is 0 Å². The lowest BCUT2D eigenvalue weighted by atomic mass is 9.98. The number of hydrogen-bond acceptors (Lipinski definition) is 17. The van der Waals surface area contributed by atoms with E-state index in [4.69, 9.17) is 75.8 Å². The molecule has 17 heteroatoms. The van der Waals surface area contributed by atoms with Crippen LogP contribution < -0.4 is 0 Å². The molecule has 0 heterocycles. The van der Waals surface area contributed by atoms with Crippen molar-refractivity contribution in [1.82, 2.24) is 0 Å². The molecular formula is C98H226O17. The zero-order valence-corrected chi connectivity index (χ0v) is 87.7. The first-order valence-corrected chi connectivity index (χ1v) is 47.2. The van der Waals surface area contributed by atoms with Crippen LogP contribution in [-0.4, -0.2) is 220 Å². The van der Waals surface area contributed by atoms with Crippen molar-refractivity contribution in [3.05, 3.63) is 0 Å². The summed E-state index contributed by atoms with van der Waals surface area (Å²) in [7, 11) is 6.86. The Kier molecular flexibility index (Phi) is 180. The summed E-state index contributed by atoms with van der Waals surface area (Å²) in [5.41, 5.74) is 0.0503. The molecule has 115 heavy (non-hydrogen) atoms. The molecule has 6 atom stereocenters. The summed E-state index contributed by atoms with van der Waals surface area (Å²) >= 11 is 0. The van der Waals surface area contributed by atoms with Gasteiger partial charge in [-0.25, -0.2) is 0 Å². The minimum absolute atomic E-state index is 0.0503. The molecule has 0 aromatic rings. The first-order chi connectivity index (χ1) is 54.3. The van der Waals surface area contributed by atoms with Gasteiger partial charge in [0.2, 0.25) is 0 Å². The van der Waals surface area contributed by atoms with Crippen LogP contribution in [0.15, 0.2) is 0 Å². The van der Waals surface area contributed by atoms with Gasteiger partial charge in [0.25, 0.3) is 0 Å². The van der Waals surface area contributed by atoms with Gasteiger partial charge in [-0.2, -0.15) is 0 Å². The highest BCUT2D eigenvalue weighted by Gasteiger charge is 2.14. The molecule has 17 nitrogen and oxygen atoms in total. The Bertz CT molecular complexity index is 1350. The maximum Gasteiger partial charge on any atom is 0.0598 e. The van der Waals surface area contributed by atoms with E-state index < -0.39 is 0 Å². The van der Waals surface area contributed by atoms with Gasteiger partial charge in [-0.3, -0.25) is 0 Å². The smallest absolute Gasteiger partial charge is 0.0598 e. The van der Waals surface area contributed by atoms with Crippen LogP contribution in [0.4, 0.5) is 0 Å². The molecule has 0 N–H and O–H groups in total. The standard InChI is InChI=1S/C8H16O.C8H18O.C7H14O.2C7H16O.5C6H14O.4C5H12O.2C4H10O.C3H8O/c1-2-9-8-6-4-3-5-7-8;1-5-6-9-8(4)7(2)3;1-2-8-7-5-3-4-6-7;1-5-8-7(4)6(2)3;1-4-6-8-7(3)5-2;1-5-7-6(2,3)4;1-4-5-6(2)7-3;1-4-5-7-6(2)3;1-4-6(3)7-5-2;1-3-5-6-7-4-2;1-4-5(2)6-3;2*1-4-6-5(2)3;1-3-5-6-4-2;1-4(2)5-3;1-3-5-4-2;1-3-4-2/h8H,2-7H2,1H3;7-8H,5-6H2,1-4H3;7H,2-6H2,1H3;6-7H,5H2,1-4H3;7H,4-6H2,1-3H3;5H2,1-4H3;3*6H,4-5H2,1-3H3;3-6H2,1-2H3;3*5H,4H2,1-3H3;3-5H2,1-2H3;4H,1-3H3;3-4H2,1-2H3;3H2,1-2H3. The van der Waals surface area contributed by atoms with Crippen LogP contribution in [0.3, 0.4) is 0 Å². The molecule has 0 amide bonds. The zero-order chi connectivity index (χ0) is 92.8. The first kappa shape index (κ1) is 149. The van der Waals surface area contributed by atoms with Gasteiger partial charge in [-0.1, -0.05) is 135 Å². The summed E-state index contributed by atoms with van der Waals surface area (Å²) < 4.78 is 86.7. The van der Waals surface area contributed by atoms with Gasteiger partial charge in [0.15, 0.2) is 0 Å². The average molecular weight is 1680 g/mol. The lowest BCUT2D eigenvalue weighted by molar-refractivity contribution is 0.00529. The molecule has 0 radical (unpaired) electrons. The minimum Gasteiger partial charge on any atom is -0.385 e. The topological polar surface area (TPSA) is 157 Å². The molecule has 0 saturated heterocycles. The van der Waals surface area contributed by atoms with E-state index in [0.717, 1.165) is 157 Å². The van der Waals surface area contributed by atoms with Crippen molar-refractivity contribution in [3.63, 3.8) is 0 Å². The predicted octanol–water partition coefficient (Wildman–Crippen LogP) is 28.6. The molecule has 0 aromatic carbocycles. The number of methoxy groups -OCH3 is 4. The van der Waals surface area contributed by atoms with Crippen molar-refractivity contribution < 1.29 is 80.5 Å². The normalized spacial score (nSPS) is 13.4. The molecule has 2 aliphatic rings. The lowest BCUT2D eigenvalue weighted by Gasteiger charge is -2.20. The summed E-state index contributed by atoms with van der Waals surface area (Å²) in [4.78, 5) is 0. The monoisotopic (exact) mass is 1680 g/mol. The van der Waals surface area contributed by atoms with E-state index >= 15 is 0 Å². The second-order valence-corrected chi connectivity index (χ2v) is 30.2. The molecule has 0 spiro atoms. The van der Waals surface area contributed by atoms with Gasteiger partial charge >= 0.3 is 0 Å². The van der Waals surface area contributed by atoms with Crippen molar-refractivity contribution in [3.8, 4) is 0 Å². The van der Waals surface area contributed by atoms with Crippen LogP contribution in [0, 0.1) is 11.8 Å². The molecule has 6 unspecified atom stereocenters. The van der Waals surface area contributed by atoms with Crippen molar-refractivity contribution in [1.29, 1.82) is 0 Å². The Balaban J connectivity index is -0.0000000713. The van der Waals surface area contributed by atoms with Crippen LogP contribution in [0.5, 0.6) is 0 Å². The molecule has 2 aliphatic carbocycles. The highest BCUT2D eigenvalue weighted by Crippen LogP contribution is 2.21. The molecule has 2 fully saturated rings. The fourth-order valence-corrected chi connectivity index (χ4v) is 7.58. The SMILES string of the molecule is CCC(C)OC.CCCC(C)OC.CCCCOCC.CCCOC(C)C.CCCOC(C)C(C)C.CCCOC(C)CC.CCCOCC.CCOC.CCOC(C)(C)C.CCOC(C)C.CCOC(C)C.CCOC(C)C(C)C.CCOC(C)CC.CCOC1CCCC1.CCOC1CCCCC1.CCOCC.COC(C)C. The van der Waals surface area contributed by atoms with Crippen molar-refractivity contribution in [2.75, 3.05) is 141 Å². The quantitative estimate of drug-likeness (QED) is 0.0531. The van der Waals surface area contributed by atoms with E-state index in [1.165, 1.54) is 83.5 Å². The molecule has 2 saturated carbocycles. The Morgan fingerprint density at radius 3 is 0.765 bits per heavy atom. The van der Waals surface area contributed by atoms with E-state index in [1.54, 1.807) is 28.4 Å². The molecular weight excluding hydrogens is 1450 g/mol. The van der Waals surface area contributed by atoms with Gasteiger partial charge in [0.1, 0.15) is 0 Å². The van der Waals surface area contributed by atoms with Crippen molar-refractivity contribution in [2.24, 2.45) is 11.8 Å². The zero-order valence-electron chi connectivity index (χ0n) is 87.7. The van der Waals surface area contributed by atoms with Gasteiger partial charge in [0, 0.05) is 141 Å². The van der Waals surface area contributed by atoms with E-state index in [9.17, 15) is 0 Å². The Morgan fingerprint density at radius 2 is 0.591 bits per heavy atom. The third kappa shape index (κ3) is 212. The van der Waals surface area contributed by atoms with Gasteiger partial charge < -0.3 is 80.5 Å². The largest absolute Gasteiger partial charge is 0.385 e. The average Bonchev–Trinajstić information content (AvgIpc) is 1.97. The number of ether oxygens (including phenoxy) is 17. The lowest BCUT2D eigenvalue weighted by Crippen LogP contribution is -2.18. The van der Waals surface area contributed by atoms with Gasteiger partial charge in [0.05, 0.1) is 78.8 Å². The molecule has 720 valence electrons. The molecule has 0 aromatic heterocycles. The minimum atomic E-state index is 0.0503. The third-order valence-electron chi connectivity index (χ3n) is 15.6.